The lowest BCUT2D eigenvalue weighted by atomic mass is 10.4. The minimum Gasteiger partial charge on any atom is -0.276 e. The van der Waals surface area contributed by atoms with Gasteiger partial charge in [0.25, 0.3) is 0 Å². The normalized spacial score (nSPS) is 18.7. The molecule has 0 aromatic rings. The molecule has 1 aliphatic heterocycles. The molecule has 0 bridgehead atoms. The molecule has 1 amide bonds. The van der Waals surface area contributed by atoms with Crippen molar-refractivity contribution in [2.75, 3.05) is 19.6 Å². The lowest BCUT2D eigenvalue weighted by Crippen LogP contribution is -2.43. The first-order valence-corrected chi connectivity index (χ1v) is 4.28. The highest BCUT2D eigenvalue weighted by molar-refractivity contribution is 5.72. The fraction of sp³-hybridized carbons (Fsp3) is 0.875. The van der Waals surface area contributed by atoms with Gasteiger partial charge in [0.2, 0.25) is 5.91 Å². The van der Waals surface area contributed by atoms with E-state index in [1.807, 2.05) is 11.9 Å². The van der Waals surface area contributed by atoms with Crippen LogP contribution in [0.3, 0.4) is 0 Å². The highest BCUT2D eigenvalue weighted by Gasteiger charge is 2.19. The molecule has 0 saturated carbocycles. The molecule has 3 heteroatoms. The van der Waals surface area contributed by atoms with Crippen LogP contribution in [-0.2, 0) is 4.79 Å². The van der Waals surface area contributed by atoms with E-state index in [0.29, 0.717) is 0 Å². The highest BCUT2D eigenvalue weighted by Crippen LogP contribution is 2.10. The first-order valence-electron chi connectivity index (χ1n) is 4.28. The zero-order valence-corrected chi connectivity index (χ0v) is 7.34. The van der Waals surface area contributed by atoms with Gasteiger partial charge < -0.3 is 0 Å². The van der Waals surface area contributed by atoms with Gasteiger partial charge in [-0.15, -0.1) is 0 Å². The molecule has 0 aromatic carbocycles. The Morgan fingerprint density at radius 2 is 2.00 bits per heavy atom. The summed E-state index contributed by atoms with van der Waals surface area (Å²) >= 11 is 0. The maximum absolute atomic E-state index is 11.0. The van der Waals surface area contributed by atoms with Gasteiger partial charge >= 0.3 is 0 Å². The number of rotatable bonds is 2. The quantitative estimate of drug-likeness (QED) is 0.592. The number of hydrazine groups is 1. The minimum atomic E-state index is 0.161. The minimum absolute atomic E-state index is 0.161. The summed E-state index contributed by atoms with van der Waals surface area (Å²) in [5.74, 6) is 0.161. The Morgan fingerprint density at radius 1 is 1.45 bits per heavy atom. The van der Waals surface area contributed by atoms with Gasteiger partial charge in [-0.1, -0.05) is 0 Å². The van der Waals surface area contributed by atoms with Crippen molar-refractivity contribution in [3.05, 3.63) is 0 Å². The SMILES string of the molecule is CCN(C(C)=O)N1CCCC1. The number of carbonyl (C=O) groups is 1. The molecule has 64 valence electrons. The van der Waals surface area contributed by atoms with E-state index in [0.717, 1.165) is 19.6 Å². The summed E-state index contributed by atoms with van der Waals surface area (Å²) in [5.41, 5.74) is 0. The Bertz CT molecular complexity index is 141. The van der Waals surface area contributed by atoms with Crippen LogP contribution in [0.4, 0.5) is 0 Å². The summed E-state index contributed by atoms with van der Waals surface area (Å²) in [6.07, 6.45) is 2.45. The molecule has 0 radical (unpaired) electrons. The molecule has 0 unspecified atom stereocenters. The molecule has 1 fully saturated rings. The van der Waals surface area contributed by atoms with Crippen LogP contribution in [-0.4, -0.2) is 35.6 Å². The molecule has 11 heavy (non-hydrogen) atoms. The smallest absolute Gasteiger partial charge is 0.233 e. The van der Waals surface area contributed by atoms with Crippen LogP contribution >= 0.6 is 0 Å². The molecule has 0 aliphatic carbocycles. The van der Waals surface area contributed by atoms with Crippen LogP contribution in [0.15, 0.2) is 0 Å². The average molecular weight is 156 g/mol. The number of hydrogen-bond acceptors (Lipinski definition) is 2. The fourth-order valence-corrected chi connectivity index (χ4v) is 1.56. The van der Waals surface area contributed by atoms with Crippen LogP contribution < -0.4 is 0 Å². The number of nitrogens with zero attached hydrogens (tertiary/aromatic N) is 2. The molecule has 0 spiro atoms. The summed E-state index contributed by atoms with van der Waals surface area (Å²) in [4.78, 5) is 11.0. The molecular weight excluding hydrogens is 140 g/mol. The van der Waals surface area contributed by atoms with Crippen molar-refractivity contribution in [1.82, 2.24) is 10.0 Å². The molecule has 0 atom stereocenters. The lowest BCUT2D eigenvalue weighted by molar-refractivity contribution is -0.144. The van der Waals surface area contributed by atoms with E-state index in [2.05, 4.69) is 5.01 Å². The number of carbonyl (C=O) groups excluding carboxylic acids is 1. The second-order valence-electron chi connectivity index (χ2n) is 2.90. The second kappa shape index (κ2) is 3.72. The van der Waals surface area contributed by atoms with E-state index in [1.165, 1.54) is 12.8 Å². The van der Waals surface area contributed by atoms with Crippen LogP contribution in [0.1, 0.15) is 26.7 Å². The molecule has 1 aliphatic rings. The number of hydrogen-bond donors (Lipinski definition) is 0. The van der Waals surface area contributed by atoms with Crippen molar-refractivity contribution < 1.29 is 4.79 Å². The van der Waals surface area contributed by atoms with Crippen molar-refractivity contribution in [2.45, 2.75) is 26.7 Å². The zero-order chi connectivity index (χ0) is 8.27. The van der Waals surface area contributed by atoms with Crippen molar-refractivity contribution in [3.63, 3.8) is 0 Å². The Balaban J connectivity index is 2.46. The van der Waals surface area contributed by atoms with E-state index in [4.69, 9.17) is 0 Å². The molecule has 1 saturated heterocycles. The predicted molar refractivity (Wildman–Crippen MR) is 43.9 cm³/mol. The summed E-state index contributed by atoms with van der Waals surface area (Å²) in [7, 11) is 0. The van der Waals surface area contributed by atoms with Crippen LogP contribution in [0.2, 0.25) is 0 Å². The second-order valence-corrected chi connectivity index (χ2v) is 2.90. The van der Waals surface area contributed by atoms with Gasteiger partial charge in [-0.05, 0) is 19.8 Å². The van der Waals surface area contributed by atoms with E-state index < -0.39 is 0 Å². The van der Waals surface area contributed by atoms with E-state index >= 15 is 0 Å². The largest absolute Gasteiger partial charge is 0.276 e. The third-order valence-corrected chi connectivity index (χ3v) is 2.09. The van der Waals surface area contributed by atoms with Crippen LogP contribution in [0, 0.1) is 0 Å². The molecule has 3 nitrogen and oxygen atoms in total. The lowest BCUT2D eigenvalue weighted by Gasteiger charge is -2.29. The van der Waals surface area contributed by atoms with Gasteiger partial charge in [-0.2, -0.15) is 0 Å². The zero-order valence-electron chi connectivity index (χ0n) is 7.34. The Labute approximate surface area is 67.9 Å². The van der Waals surface area contributed by atoms with Crippen molar-refractivity contribution in [2.24, 2.45) is 0 Å². The third kappa shape index (κ3) is 1.93. The van der Waals surface area contributed by atoms with Crippen LogP contribution in [0.5, 0.6) is 0 Å². The Kier molecular flexibility index (Phi) is 2.88. The van der Waals surface area contributed by atoms with Gasteiger partial charge in [0.15, 0.2) is 0 Å². The van der Waals surface area contributed by atoms with Gasteiger partial charge in [-0.25, -0.2) is 5.01 Å². The summed E-state index contributed by atoms with van der Waals surface area (Å²) in [5, 5.41) is 3.97. The average Bonchev–Trinajstić information content (AvgIpc) is 2.40. The summed E-state index contributed by atoms with van der Waals surface area (Å²) in [6.45, 7) is 6.54. The Hall–Kier alpha value is -0.570. The van der Waals surface area contributed by atoms with Gasteiger partial charge in [-0.3, -0.25) is 9.80 Å². The van der Waals surface area contributed by atoms with Crippen molar-refractivity contribution >= 4 is 5.91 Å². The molecule has 0 aromatic heterocycles. The maximum atomic E-state index is 11.0. The van der Waals surface area contributed by atoms with E-state index in [1.54, 1.807) is 6.92 Å². The molecule has 1 rings (SSSR count). The molecular formula is C8H16N2O. The maximum Gasteiger partial charge on any atom is 0.233 e. The van der Waals surface area contributed by atoms with Crippen molar-refractivity contribution in [1.29, 1.82) is 0 Å². The van der Waals surface area contributed by atoms with Gasteiger partial charge in [0, 0.05) is 26.6 Å². The third-order valence-electron chi connectivity index (χ3n) is 2.09. The van der Waals surface area contributed by atoms with Crippen LogP contribution in [0.25, 0.3) is 0 Å². The first-order chi connectivity index (χ1) is 5.25. The summed E-state index contributed by atoms with van der Waals surface area (Å²) < 4.78 is 0. The van der Waals surface area contributed by atoms with Crippen molar-refractivity contribution in [3.8, 4) is 0 Å². The van der Waals surface area contributed by atoms with Gasteiger partial charge in [0.05, 0.1) is 0 Å². The molecule has 0 N–H and O–H groups in total. The van der Waals surface area contributed by atoms with Gasteiger partial charge in [0.1, 0.15) is 0 Å². The predicted octanol–water partition coefficient (Wildman–Crippen LogP) is 0.866. The first kappa shape index (κ1) is 8.53. The Morgan fingerprint density at radius 3 is 2.36 bits per heavy atom. The highest BCUT2D eigenvalue weighted by atomic mass is 16.2. The number of amides is 1. The molecule has 1 heterocycles. The van der Waals surface area contributed by atoms with E-state index in [-0.39, 0.29) is 5.91 Å². The fourth-order valence-electron chi connectivity index (χ4n) is 1.56. The summed E-state index contributed by atoms with van der Waals surface area (Å²) in [6, 6.07) is 0. The monoisotopic (exact) mass is 156 g/mol. The van der Waals surface area contributed by atoms with E-state index in [9.17, 15) is 4.79 Å². The topological polar surface area (TPSA) is 23.6 Å². The standard InChI is InChI=1S/C8H16N2O/c1-3-10(8(2)11)9-6-4-5-7-9/h3-7H2,1-2H3.